The van der Waals surface area contributed by atoms with Crippen LogP contribution in [0.4, 0.5) is 0 Å². The maximum atomic E-state index is 11.4. The Hall–Kier alpha value is -0.670. The van der Waals surface area contributed by atoms with Gasteiger partial charge in [-0.05, 0) is 12.1 Å². The summed E-state index contributed by atoms with van der Waals surface area (Å²) in [5.74, 6) is 0. The standard InChI is InChI=1S/C8H6ClNO4S3/c9-16(11,12)7-4-15-5-2-1-3-6(8(5)7)17(10,13)14/h1-4H,(H2,10,13,14). The molecule has 5 nitrogen and oxygen atoms in total. The monoisotopic (exact) mass is 311 g/mol. The highest BCUT2D eigenvalue weighted by Crippen LogP contribution is 2.35. The Kier molecular flexibility index (Phi) is 2.95. The molecule has 0 atom stereocenters. The third-order valence-electron chi connectivity index (χ3n) is 2.10. The molecule has 2 N–H and O–H groups in total. The van der Waals surface area contributed by atoms with E-state index in [4.69, 9.17) is 15.8 Å². The van der Waals surface area contributed by atoms with E-state index in [0.717, 1.165) is 11.3 Å². The van der Waals surface area contributed by atoms with Crippen LogP contribution in [0.15, 0.2) is 33.4 Å². The summed E-state index contributed by atoms with van der Waals surface area (Å²) >= 11 is 1.09. The van der Waals surface area contributed by atoms with Crippen molar-refractivity contribution in [2.45, 2.75) is 9.79 Å². The minimum atomic E-state index is -4.01. The minimum absolute atomic E-state index is 0.0509. The second-order valence-corrected chi connectivity index (χ2v) is 8.19. The Morgan fingerprint density at radius 2 is 1.76 bits per heavy atom. The van der Waals surface area contributed by atoms with Crippen molar-refractivity contribution in [1.29, 1.82) is 0 Å². The van der Waals surface area contributed by atoms with Crippen molar-refractivity contribution in [2.75, 3.05) is 0 Å². The maximum absolute atomic E-state index is 11.4. The molecule has 0 saturated carbocycles. The highest BCUT2D eigenvalue weighted by Gasteiger charge is 2.22. The fraction of sp³-hybridized carbons (Fsp3) is 0. The van der Waals surface area contributed by atoms with Gasteiger partial charge in [-0.25, -0.2) is 22.0 Å². The summed E-state index contributed by atoms with van der Waals surface area (Å²) in [6.45, 7) is 0. The topological polar surface area (TPSA) is 94.3 Å². The van der Waals surface area contributed by atoms with Crippen molar-refractivity contribution in [3.8, 4) is 0 Å². The van der Waals surface area contributed by atoms with Gasteiger partial charge in [0.05, 0.1) is 4.90 Å². The fourth-order valence-corrected chi connectivity index (χ4v) is 4.88. The number of hydrogen-bond donors (Lipinski definition) is 1. The van der Waals surface area contributed by atoms with E-state index in [0.29, 0.717) is 4.70 Å². The lowest BCUT2D eigenvalue weighted by Gasteiger charge is -2.01. The first kappa shape index (κ1) is 12.8. The molecule has 92 valence electrons. The summed E-state index contributed by atoms with van der Waals surface area (Å²) in [7, 11) is -2.76. The number of halogens is 1. The second kappa shape index (κ2) is 3.92. The van der Waals surface area contributed by atoms with Crippen LogP contribution in [0.25, 0.3) is 10.1 Å². The Bertz CT molecular complexity index is 791. The number of thiophene rings is 1. The third-order valence-corrected chi connectivity index (χ3v) is 5.49. The first-order valence-electron chi connectivity index (χ1n) is 4.19. The lowest BCUT2D eigenvalue weighted by Crippen LogP contribution is -2.12. The molecule has 0 bridgehead atoms. The van der Waals surface area contributed by atoms with Gasteiger partial charge in [-0.3, -0.25) is 0 Å². The van der Waals surface area contributed by atoms with Crippen molar-refractivity contribution in [3.63, 3.8) is 0 Å². The molecular weight excluding hydrogens is 306 g/mol. The van der Waals surface area contributed by atoms with Crippen molar-refractivity contribution in [3.05, 3.63) is 23.6 Å². The molecule has 0 aliphatic heterocycles. The van der Waals surface area contributed by atoms with Gasteiger partial charge in [-0.2, -0.15) is 0 Å². The average molecular weight is 312 g/mol. The molecule has 1 heterocycles. The number of primary sulfonamides is 1. The van der Waals surface area contributed by atoms with E-state index < -0.39 is 19.1 Å². The van der Waals surface area contributed by atoms with E-state index in [1.807, 2.05) is 0 Å². The lowest BCUT2D eigenvalue weighted by atomic mass is 10.3. The summed E-state index contributed by atoms with van der Waals surface area (Å²) < 4.78 is 45.9. The molecule has 2 aromatic rings. The second-order valence-electron chi connectivity index (χ2n) is 3.21. The summed E-state index contributed by atoms with van der Waals surface area (Å²) in [5, 5.41) is 6.38. The summed E-state index contributed by atoms with van der Waals surface area (Å²) in [5.41, 5.74) is 0. The Morgan fingerprint density at radius 3 is 2.29 bits per heavy atom. The molecule has 9 heteroatoms. The molecule has 0 amide bonds. The number of rotatable bonds is 2. The van der Waals surface area contributed by atoms with Gasteiger partial charge >= 0.3 is 0 Å². The first-order chi connectivity index (χ1) is 7.71. The molecule has 0 saturated heterocycles. The third kappa shape index (κ3) is 2.31. The zero-order chi connectivity index (χ0) is 12.8. The zero-order valence-corrected chi connectivity index (χ0v) is 11.3. The van der Waals surface area contributed by atoms with Crippen LogP contribution in [0, 0.1) is 0 Å². The van der Waals surface area contributed by atoms with Gasteiger partial charge in [0.1, 0.15) is 4.90 Å². The lowest BCUT2D eigenvalue weighted by molar-refractivity contribution is 0.598. The minimum Gasteiger partial charge on any atom is -0.225 e. The Labute approximate surface area is 106 Å². The number of hydrogen-bond acceptors (Lipinski definition) is 5. The van der Waals surface area contributed by atoms with E-state index in [1.165, 1.54) is 17.5 Å². The van der Waals surface area contributed by atoms with Gasteiger partial charge in [0.15, 0.2) is 0 Å². The van der Waals surface area contributed by atoms with Gasteiger partial charge < -0.3 is 0 Å². The molecule has 1 aromatic carbocycles. The number of fused-ring (bicyclic) bond motifs is 1. The van der Waals surface area contributed by atoms with Crippen molar-refractivity contribution < 1.29 is 16.8 Å². The summed E-state index contributed by atoms with van der Waals surface area (Å²) in [6.07, 6.45) is 0. The zero-order valence-electron chi connectivity index (χ0n) is 8.12. The molecule has 17 heavy (non-hydrogen) atoms. The van der Waals surface area contributed by atoms with E-state index in [1.54, 1.807) is 6.07 Å². The van der Waals surface area contributed by atoms with Crippen LogP contribution < -0.4 is 5.14 Å². The SMILES string of the molecule is NS(=O)(=O)c1cccc2scc(S(=O)(=O)Cl)c12. The van der Waals surface area contributed by atoms with Crippen molar-refractivity contribution in [2.24, 2.45) is 5.14 Å². The Morgan fingerprint density at radius 1 is 1.12 bits per heavy atom. The highest BCUT2D eigenvalue weighted by molar-refractivity contribution is 8.14. The van der Waals surface area contributed by atoms with Crippen LogP contribution in [0.2, 0.25) is 0 Å². The molecule has 0 spiro atoms. The molecule has 0 aliphatic rings. The smallest absolute Gasteiger partial charge is 0.225 e. The Balaban J connectivity index is 3.03. The van der Waals surface area contributed by atoms with Gasteiger partial charge in [-0.1, -0.05) is 6.07 Å². The van der Waals surface area contributed by atoms with E-state index in [9.17, 15) is 16.8 Å². The molecule has 0 aliphatic carbocycles. The van der Waals surface area contributed by atoms with Crippen molar-refractivity contribution in [1.82, 2.24) is 0 Å². The molecule has 0 radical (unpaired) electrons. The fourth-order valence-electron chi connectivity index (χ4n) is 1.44. The number of nitrogens with two attached hydrogens (primary N) is 1. The van der Waals surface area contributed by atoms with E-state index in [2.05, 4.69) is 0 Å². The quantitative estimate of drug-likeness (QED) is 0.850. The average Bonchev–Trinajstić information content (AvgIpc) is 2.57. The molecule has 0 fully saturated rings. The molecular formula is C8H6ClNO4S3. The van der Waals surface area contributed by atoms with Gasteiger partial charge in [-0.15, -0.1) is 11.3 Å². The highest BCUT2D eigenvalue weighted by atomic mass is 35.7. The van der Waals surface area contributed by atoms with Crippen molar-refractivity contribution >= 4 is 51.2 Å². The van der Waals surface area contributed by atoms with Crippen LogP contribution in [0.1, 0.15) is 0 Å². The summed E-state index contributed by atoms with van der Waals surface area (Å²) in [4.78, 5) is -0.473. The molecule has 2 rings (SSSR count). The van der Waals surface area contributed by atoms with E-state index >= 15 is 0 Å². The van der Waals surface area contributed by atoms with Crippen LogP contribution >= 0.6 is 22.0 Å². The number of sulfonamides is 1. The molecule has 0 unspecified atom stereocenters. The first-order valence-corrected chi connectivity index (χ1v) is 8.92. The van der Waals surface area contributed by atoms with Crippen LogP contribution in [-0.4, -0.2) is 16.8 Å². The largest absolute Gasteiger partial charge is 0.262 e. The summed E-state index contributed by atoms with van der Waals surface area (Å²) in [6, 6.07) is 4.33. The molecule has 1 aromatic heterocycles. The predicted molar refractivity (Wildman–Crippen MR) is 66.2 cm³/mol. The van der Waals surface area contributed by atoms with Crippen LogP contribution in [0.5, 0.6) is 0 Å². The van der Waals surface area contributed by atoms with Gasteiger partial charge in [0, 0.05) is 26.1 Å². The van der Waals surface area contributed by atoms with Gasteiger partial charge in [0.2, 0.25) is 10.0 Å². The maximum Gasteiger partial charge on any atom is 0.262 e. The number of benzene rings is 1. The van der Waals surface area contributed by atoms with Crippen LogP contribution in [0.3, 0.4) is 0 Å². The van der Waals surface area contributed by atoms with Crippen LogP contribution in [-0.2, 0) is 19.1 Å². The van der Waals surface area contributed by atoms with E-state index in [-0.39, 0.29) is 15.2 Å². The normalized spacial score (nSPS) is 13.1. The predicted octanol–water partition coefficient (Wildman–Crippen LogP) is 1.48. The van der Waals surface area contributed by atoms with Gasteiger partial charge in [0.25, 0.3) is 9.05 Å².